The van der Waals surface area contributed by atoms with Crippen molar-refractivity contribution >= 4 is 17.2 Å². The number of ether oxygens (including phenoxy) is 1. The van der Waals surface area contributed by atoms with E-state index < -0.39 is 11.6 Å². The number of carbonyl (C=O) groups is 1. The van der Waals surface area contributed by atoms with Crippen molar-refractivity contribution in [2.75, 3.05) is 13.2 Å². The smallest absolute Gasteiger partial charge is 0.405 e. The van der Waals surface area contributed by atoms with Crippen molar-refractivity contribution < 1.29 is 24.2 Å². The molecule has 2 aromatic carbocycles. The molecule has 0 spiro atoms. The van der Waals surface area contributed by atoms with Gasteiger partial charge in [0, 0.05) is 5.56 Å². The Hall–Kier alpha value is -3.06. The zero-order chi connectivity index (χ0) is 20.1. The van der Waals surface area contributed by atoms with Gasteiger partial charge in [0.05, 0.1) is 18.8 Å². The van der Waals surface area contributed by atoms with Crippen LogP contribution in [-0.4, -0.2) is 40.0 Å². The van der Waals surface area contributed by atoms with E-state index in [9.17, 15) is 9.90 Å². The zero-order valence-corrected chi connectivity index (χ0v) is 15.9. The van der Waals surface area contributed by atoms with Gasteiger partial charge in [0.15, 0.2) is 5.58 Å². The predicted octanol–water partition coefficient (Wildman–Crippen LogP) is 3.84. The molecule has 1 amide bonds. The van der Waals surface area contributed by atoms with Crippen molar-refractivity contribution in [1.82, 2.24) is 10.3 Å². The molecule has 148 valence electrons. The molecule has 7 heteroatoms. The number of aryl methyl sites for hydroxylation is 1. The summed E-state index contributed by atoms with van der Waals surface area (Å²) < 4.78 is 11.4. The number of aliphatic hydroxyl groups excluding tert-OH is 1. The Bertz CT molecular complexity index is 968. The van der Waals surface area contributed by atoms with E-state index in [2.05, 4.69) is 10.3 Å². The van der Waals surface area contributed by atoms with Gasteiger partial charge in [-0.05, 0) is 62.6 Å². The van der Waals surface area contributed by atoms with Crippen LogP contribution < -0.4 is 10.1 Å². The number of rotatable bonds is 8. The highest BCUT2D eigenvalue weighted by Gasteiger charge is 2.25. The molecule has 1 atom stereocenters. The fourth-order valence-corrected chi connectivity index (χ4v) is 3.00. The van der Waals surface area contributed by atoms with E-state index in [4.69, 9.17) is 14.3 Å². The summed E-state index contributed by atoms with van der Waals surface area (Å²) in [6.45, 7) is 3.93. The molecule has 3 aromatic rings. The number of aromatic nitrogens is 1. The number of hydrogen-bond donors (Lipinski definition) is 3. The van der Waals surface area contributed by atoms with Crippen molar-refractivity contribution in [3.05, 3.63) is 48.0 Å². The molecule has 3 N–H and O–H groups in total. The van der Waals surface area contributed by atoms with Crippen molar-refractivity contribution in [2.45, 2.75) is 32.2 Å². The molecule has 1 aromatic heterocycles. The Balaban J connectivity index is 1.79. The second kappa shape index (κ2) is 8.31. The third-order valence-corrected chi connectivity index (χ3v) is 4.57. The Labute approximate surface area is 163 Å². The van der Waals surface area contributed by atoms with Crippen molar-refractivity contribution in [1.29, 1.82) is 0 Å². The second-order valence-electron chi connectivity index (χ2n) is 6.93. The summed E-state index contributed by atoms with van der Waals surface area (Å²) in [6.07, 6.45) is -0.0972. The summed E-state index contributed by atoms with van der Waals surface area (Å²) in [6, 6.07) is 13.3. The van der Waals surface area contributed by atoms with Crippen molar-refractivity contribution in [3.8, 4) is 17.2 Å². The summed E-state index contributed by atoms with van der Waals surface area (Å²) in [5.41, 5.74) is 2.33. The maximum Gasteiger partial charge on any atom is 0.405 e. The van der Waals surface area contributed by atoms with Gasteiger partial charge in [0.25, 0.3) is 0 Å². The highest BCUT2D eigenvalue weighted by Crippen LogP contribution is 2.28. The van der Waals surface area contributed by atoms with E-state index >= 15 is 0 Å². The van der Waals surface area contributed by atoms with Crippen LogP contribution >= 0.6 is 0 Å². The summed E-state index contributed by atoms with van der Waals surface area (Å²) in [5.74, 6) is 1.28. The number of aliphatic hydroxyl groups is 1. The molecule has 0 saturated heterocycles. The molecule has 0 aliphatic carbocycles. The lowest BCUT2D eigenvalue weighted by atomic mass is 9.94. The Morgan fingerprint density at radius 1 is 1.29 bits per heavy atom. The minimum Gasteiger partial charge on any atom is -0.494 e. The van der Waals surface area contributed by atoms with Gasteiger partial charge in [0.1, 0.15) is 11.3 Å². The van der Waals surface area contributed by atoms with Gasteiger partial charge in [-0.1, -0.05) is 12.1 Å². The monoisotopic (exact) mass is 384 g/mol. The number of amides is 1. The van der Waals surface area contributed by atoms with Crippen molar-refractivity contribution in [2.24, 2.45) is 0 Å². The first-order chi connectivity index (χ1) is 13.4. The number of oxazole rings is 1. The molecule has 0 saturated carbocycles. The fourth-order valence-electron chi connectivity index (χ4n) is 3.00. The van der Waals surface area contributed by atoms with Crippen LogP contribution in [0.25, 0.3) is 22.6 Å². The number of nitrogens with one attached hydrogen (secondary N) is 1. The molecule has 1 heterocycles. The van der Waals surface area contributed by atoms with Crippen LogP contribution in [0.2, 0.25) is 0 Å². The van der Waals surface area contributed by atoms with Crippen LogP contribution in [0.15, 0.2) is 46.9 Å². The highest BCUT2D eigenvalue weighted by atomic mass is 16.5. The van der Waals surface area contributed by atoms with E-state index in [1.54, 1.807) is 6.92 Å². The Kier molecular flexibility index (Phi) is 5.84. The summed E-state index contributed by atoms with van der Waals surface area (Å²) in [7, 11) is 0. The minimum absolute atomic E-state index is 0.272. The average molecular weight is 384 g/mol. The lowest BCUT2D eigenvalue weighted by molar-refractivity contribution is 0.141. The largest absolute Gasteiger partial charge is 0.494 e. The Morgan fingerprint density at radius 3 is 2.82 bits per heavy atom. The molecular formula is C21H24N2O5. The van der Waals surface area contributed by atoms with Gasteiger partial charge in [-0.2, -0.15) is 0 Å². The normalized spacial score (nSPS) is 13.2. The molecule has 0 fully saturated rings. The molecular weight excluding hydrogens is 360 g/mol. The van der Waals surface area contributed by atoms with Crippen LogP contribution in [0.5, 0.6) is 5.75 Å². The lowest BCUT2D eigenvalue weighted by Gasteiger charge is -2.27. The first kappa shape index (κ1) is 19.7. The molecule has 7 nitrogen and oxygen atoms in total. The molecule has 0 bridgehead atoms. The van der Waals surface area contributed by atoms with E-state index in [0.29, 0.717) is 30.9 Å². The van der Waals surface area contributed by atoms with Gasteiger partial charge < -0.3 is 24.7 Å². The van der Waals surface area contributed by atoms with Crippen molar-refractivity contribution in [3.63, 3.8) is 0 Å². The Morgan fingerprint density at radius 2 is 2.11 bits per heavy atom. The van der Waals surface area contributed by atoms with Gasteiger partial charge >= 0.3 is 6.09 Å². The number of nitrogens with zero attached hydrogens (tertiary/aromatic N) is 1. The van der Waals surface area contributed by atoms with E-state index in [1.807, 2.05) is 49.4 Å². The third kappa shape index (κ3) is 4.61. The molecule has 28 heavy (non-hydrogen) atoms. The van der Waals surface area contributed by atoms with Crippen LogP contribution in [0.1, 0.15) is 25.8 Å². The standard InChI is InChI=1S/C21H24N2O5/c1-3-27-16-6-4-5-15(12-16)19-22-17-11-14(7-8-18(17)28-19)9-10-21(2,13-24)23-20(25)26/h4-8,11-12,23-24H,3,9-10,13H2,1-2H3,(H,25,26). The van der Waals surface area contributed by atoms with Gasteiger partial charge in [-0.15, -0.1) is 0 Å². The number of hydrogen-bond acceptors (Lipinski definition) is 5. The zero-order valence-electron chi connectivity index (χ0n) is 15.9. The fraction of sp³-hybridized carbons (Fsp3) is 0.333. The second-order valence-corrected chi connectivity index (χ2v) is 6.93. The molecule has 3 rings (SSSR count). The quantitative estimate of drug-likeness (QED) is 0.545. The number of benzene rings is 2. The topological polar surface area (TPSA) is 105 Å². The summed E-state index contributed by atoms with van der Waals surface area (Å²) in [5, 5.41) is 20.8. The first-order valence-corrected chi connectivity index (χ1v) is 9.17. The number of fused-ring (bicyclic) bond motifs is 1. The summed E-state index contributed by atoms with van der Waals surface area (Å²) >= 11 is 0. The van der Waals surface area contributed by atoms with Gasteiger partial charge in [-0.3, -0.25) is 0 Å². The average Bonchev–Trinajstić information content (AvgIpc) is 3.10. The summed E-state index contributed by atoms with van der Waals surface area (Å²) in [4.78, 5) is 15.5. The lowest BCUT2D eigenvalue weighted by Crippen LogP contribution is -2.48. The van der Waals surface area contributed by atoms with E-state index in [1.165, 1.54) is 0 Å². The maximum atomic E-state index is 10.9. The van der Waals surface area contributed by atoms with Gasteiger partial charge in [0.2, 0.25) is 5.89 Å². The SMILES string of the molecule is CCOc1cccc(-c2nc3cc(CCC(C)(CO)NC(=O)O)ccc3o2)c1. The minimum atomic E-state index is -1.15. The van der Waals surface area contributed by atoms with Crippen LogP contribution in [0.4, 0.5) is 4.79 Å². The van der Waals surface area contributed by atoms with E-state index in [-0.39, 0.29) is 6.61 Å². The highest BCUT2D eigenvalue weighted by molar-refractivity contribution is 5.77. The van der Waals surface area contributed by atoms with E-state index in [0.717, 1.165) is 22.4 Å². The first-order valence-electron chi connectivity index (χ1n) is 9.17. The van der Waals surface area contributed by atoms with Gasteiger partial charge in [-0.25, -0.2) is 9.78 Å². The molecule has 0 radical (unpaired) electrons. The molecule has 1 unspecified atom stereocenters. The van der Waals surface area contributed by atoms with Crippen LogP contribution in [0.3, 0.4) is 0 Å². The molecule has 0 aliphatic heterocycles. The predicted molar refractivity (Wildman–Crippen MR) is 106 cm³/mol. The third-order valence-electron chi connectivity index (χ3n) is 4.57. The van der Waals surface area contributed by atoms with Crippen LogP contribution in [-0.2, 0) is 6.42 Å². The van der Waals surface area contributed by atoms with Crippen LogP contribution in [0, 0.1) is 0 Å². The maximum absolute atomic E-state index is 10.9. The molecule has 0 aliphatic rings. The number of carboxylic acid groups (broad SMARTS) is 1.